The van der Waals surface area contributed by atoms with Gasteiger partial charge in [-0.1, -0.05) is 0 Å². The fraction of sp³-hybridized carbons (Fsp3) is 0.650. The number of ether oxygens (including phenoxy) is 1. The maximum atomic E-state index is 12.4. The van der Waals surface area contributed by atoms with E-state index in [9.17, 15) is 4.79 Å². The first-order chi connectivity index (χ1) is 11.6. The van der Waals surface area contributed by atoms with Gasteiger partial charge in [0.15, 0.2) is 0 Å². The molecule has 4 heteroatoms. The van der Waals surface area contributed by atoms with Crippen molar-refractivity contribution in [1.82, 2.24) is 5.32 Å². The van der Waals surface area contributed by atoms with E-state index in [0.29, 0.717) is 5.41 Å². The Kier molecular flexibility index (Phi) is 3.93. The van der Waals surface area contributed by atoms with Crippen LogP contribution in [0.5, 0.6) is 5.75 Å². The number of methoxy groups -OCH3 is 1. The smallest absolute Gasteiger partial charge is 0.319 e. The lowest BCUT2D eigenvalue weighted by Gasteiger charge is -2.59. The summed E-state index contributed by atoms with van der Waals surface area (Å²) in [6.45, 7) is 2.21. The average Bonchev–Trinajstić information content (AvgIpc) is 2.54. The van der Waals surface area contributed by atoms with Gasteiger partial charge in [-0.15, -0.1) is 0 Å². The molecule has 2 N–H and O–H groups in total. The summed E-state index contributed by atoms with van der Waals surface area (Å²) < 4.78 is 5.15. The van der Waals surface area contributed by atoms with E-state index in [4.69, 9.17) is 4.74 Å². The Morgan fingerprint density at radius 1 is 1.08 bits per heavy atom. The highest BCUT2D eigenvalue weighted by Gasteiger charge is 2.53. The van der Waals surface area contributed by atoms with Crippen molar-refractivity contribution in [2.45, 2.75) is 51.5 Å². The Balaban J connectivity index is 1.38. The molecule has 130 valence electrons. The molecular weight excluding hydrogens is 300 g/mol. The summed E-state index contributed by atoms with van der Waals surface area (Å²) in [5, 5.41) is 6.18. The summed E-state index contributed by atoms with van der Waals surface area (Å²) in [7, 11) is 1.64. The molecule has 4 aliphatic carbocycles. The van der Waals surface area contributed by atoms with Crippen molar-refractivity contribution in [3.05, 3.63) is 24.3 Å². The number of nitrogens with one attached hydrogen (secondary N) is 2. The number of hydrogen-bond acceptors (Lipinski definition) is 2. The molecular formula is C20H28N2O2. The number of carbonyl (C=O) groups is 1. The third kappa shape index (κ3) is 2.87. The molecule has 1 aromatic carbocycles. The number of benzene rings is 1. The van der Waals surface area contributed by atoms with Crippen LogP contribution in [0.3, 0.4) is 0 Å². The van der Waals surface area contributed by atoms with E-state index in [-0.39, 0.29) is 12.1 Å². The highest BCUT2D eigenvalue weighted by Crippen LogP contribution is 2.61. The van der Waals surface area contributed by atoms with Crippen LogP contribution < -0.4 is 15.4 Å². The first kappa shape index (κ1) is 15.8. The summed E-state index contributed by atoms with van der Waals surface area (Å²) in [5.41, 5.74) is 1.14. The van der Waals surface area contributed by atoms with Crippen LogP contribution in [0.2, 0.25) is 0 Å². The van der Waals surface area contributed by atoms with E-state index >= 15 is 0 Å². The Hall–Kier alpha value is -1.71. The zero-order valence-electron chi connectivity index (χ0n) is 14.7. The Morgan fingerprint density at radius 2 is 1.62 bits per heavy atom. The molecule has 0 aliphatic heterocycles. The molecule has 0 aromatic heterocycles. The van der Waals surface area contributed by atoms with Crippen molar-refractivity contribution in [3.8, 4) is 5.75 Å². The molecule has 0 heterocycles. The molecule has 4 fully saturated rings. The van der Waals surface area contributed by atoms with Crippen LogP contribution in [0.1, 0.15) is 45.4 Å². The molecule has 1 aromatic rings. The highest BCUT2D eigenvalue weighted by molar-refractivity contribution is 5.89. The monoisotopic (exact) mass is 328 g/mol. The molecule has 4 bridgehead atoms. The van der Waals surface area contributed by atoms with Crippen LogP contribution in [0, 0.1) is 23.2 Å². The minimum Gasteiger partial charge on any atom is -0.497 e. The van der Waals surface area contributed by atoms with Gasteiger partial charge in [-0.05, 0) is 92.9 Å². The summed E-state index contributed by atoms with van der Waals surface area (Å²) in [6, 6.07) is 7.60. The molecule has 1 unspecified atom stereocenters. The standard InChI is InChI=1S/C20H28N2O2/c1-13(20-10-14-7-15(11-20)9-16(8-14)12-20)21-19(23)22-17-3-5-18(24-2)6-4-17/h3-6,13-16H,7-12H2,1-2H3,(H2,21,22,23). The number of carbonyl (C=O) groups excluding carboxylic acids is 1. The molecule has 5 rings (SSSR count). The van der Waals surface area contributed by atoms with Gasteiger partial charge in [-0.25, -0.2) is 4.79 Å². The number of anilines is 1. The van der Waals surface area contributed by atoms with Crippen LogP contribution >= 0.6 is 0 Å². The molecule has 4 aliphatic rings. The molecule has 2 amide bonds. The fourth-order valence-corrected chi connectivity index (χ4v) is 5.90. The van der Waals surface area contributed by atoms with Crippen LogP contribution in [0.25, 0.3) is 0 Å². The van der Waals surface area contributed by atoms with Crippen LogP contribution in [0.15, 0.2) is 24.3 Å². The summed E-state index contributed by atoms with van der Waals surface area (Å²) in [6.07, 6.45) is 8.23. The highest BCUT2D eigenvalue weighted by atomic mass is 16.5. The third-order valence-electron chi connectivity index (χ3n) is 6.70. The van der Waals surface area contributed by atoms with Crippen molar-refractivity contribution in [3.63, 3.8) is 0 Å². The predicted molar refractivity (Wildman–Crippen MR) is 95.2 cm³/mol. The Morgan fingerprint density at radius 3 is 2.12 bits per heavy atom. The molecule has 4 saturated carbocycles. The predicted octanol–water partition coefficient (Wildman–Crippen LogP) is 4.42. The molecule has 24 heavy (non-hydrogen) atoms. The molecule has 1 atom stereocenters. The van der Waals surface area contributed by atoms with Gasteiger partial charge in [0.2, 0.25) is 0 Å². The van der Waals surface area contributed by atoms with Crippen molar-refractivity contribution in [2.24, 2.45) is 23.2 Å². The maximum absolute atomic E-state index is 12.4. The zero-order chi connectivity index (χ0) is 16.7. The molecule has 4 nitrogen and oxygen atoms in total. The average molecular weight is 328 g/mol. The quantitative estimate of drug-likeness (QED) is 0.859. The maximum Gasteiger partial charge on any atom is 0.319 e. The van der Waals surface area contributed by atoms with E-state index in [2.05, 4.69) is 17.6 Å². The summed E-state index contributed by atoms with van der Waals surface area (Å²) in [4.78, 5) is 12.4. The molecule has 0 spiro atoms. The third-order valence-corrected chi connectivity index (χ3v) is 6.70. The zero-order valence-corrected chi connectivity index (χ0v) is 14.7. The lowest BCUT2D eigenvalue weighted by atomic mass is 9.48. The van der Waals surface area contributed by atoms with Gasteiger partial charge in [-0.3, -0.25) is 0 Å². The second-order valence-electron chi connectivity index (χ2n) is 8.33. The van der Waals surface area contributed by atoms with Gasteiger partial charge in [0.05, 0.1) is 7.11 Å². The van der Waals surface area contributed by atoms with Gasteiger partial charge in [-0.2, -0.15) is 0 Å². The van der Waals surface area contributed by atoms with Crippen LogP contribution in [-0.2, 0) is 0 Å². The largest absolute Gasteiger partial charge is 0.497 e. The number of hydrogen-bond donors (Lipinski definition) is 2. The van der Waals surface area contributed by atoms with E-state index < -0.39 is 0 Å². The van der Waals surface area contributed by atoms with Crippen molar-refractivity contribution in [1.29, 1.82) is 0 Å². The minimum absolute atomic E-state index is 0.0941. The van der Waals surface area contributed by atoms with Crippen LogP contribution in [0.4, 0.5) is 10.5 Å². The van der Waals surface area contributed by atoms with Crippen molar-refractivity contribution < 1.29 is 9.53 Å². The first-order valence-electron chi connectivity index (χ1n) is 9.28. The molecule has 0 saturated heterocycles. The Labute approximate surface area is 144 Å². The summed E-state index contributed by atoms with van der Waals surface area (Å²) >= 11 is 0. The second-order valence-corrected chi connectivity index (χ2v) is 8.33. The van der Waals surface area contributed by atoms with Gasteiger partial charge >= 0.3 is 6.03 Å². The molecule has 0 radical (unpaired) electrons. The fourth-order valence-electron chi connectivity index (χ4n) is 5.90. The lowest BCUT2D eigenvalue weighted by molar-refractivity contribution is -0.0679. The van der Waals surface area contributed by atoms with Gasteiger partial charge < -0.3 is 15.4 Å². The number of urea groups is 1. The topological polar surface area (TPSA) is 50.4 Å². The number of amides is 2. The Bertz CT molecular complexity index is 575. The number of rotatable bonds is 4. The van der Waals surface area contributed by atoms with E-state index in [1.807, 2.05) is 24.3 Å². The summed E-state index contributed by atoms with van der Waals surface area (Å²) in [5.74, 6) is 3.52. The van der Waals surface area contributed by atoms with Gasteiger partial charge in [0.1, 0.15) is 5.75 Å². The normalized spacial score (nSPS) is 34.7. The van der Waals surface area contributed by atoms with Crippen molar-refractivity contribution >= 4 is 11.7 Å². The van der Waals surface area contributed by atoms with Gasteiger partial charge in [0, 0.05) is 11.7 Å². The van der Waals surface area contributed by atoms with E-state index in [1.54, 1.807) is 7.11 Å². The van der Waals surface area contributed by atoms with Gasteiger partial charge in [0.25, 0.3) is 0 Å². The minimum atomic E-state index is -0.0941. The second kappa shape index (κ2) is 5.98. The van der Waals surface area contributed by atoms with Crippen molar-refractivity contribution in [2.75, 3.05) is 12.4 Å². The lowest BCUT2D eigenvalue weighted by Crippen LogP contribution is -2.56. The van der Waals surface area contributed by atoms with E-state index in [0.717, 1.165) is 29.2 Å². The van der Waals surface area contributed by atoms with E-state index in [1.165, 1.54) is 38.5 Å². The first-order valence-corrected chi connectivity index (χ1v) is 9.28. The van der Waals surface area contributed by atoms with Crippen LogP contribution in [-0.4, -0.2) is 19.2 Å². The SMILES string of the molecule is COc1ccc(NC(=O)NC(C)C23CC4CC(CC(C4)C2)C3)cc1.